The summed E-state index contributed by atoms with van der Waals surface area (Å²) in [6.45, 7) is 7.74. The largest absolute Gasteiger partial charge is 0.394 e. The predicted molar refractivity (Wildman–Crippen MR) is 178 cm³/mol. The molecule has 9 heteroatoms. The van der Waals surface area contributed by atoms with E-state index < -0.39 is 41.5 Å². The monoisotopic (exact) mass is 639 g/mol. The molecule has 0 radical (unpaired) electrons. The number of anilines is 2. The number of likely N-dealkylation sites (tertiary alicyclic amines) is 1. The first-order chi connectivity index (χ1) is 22.4. The molecule has 6 atom stereocenters. The first kappa shape index (κ1) is 31.7. The fourth-order valence-corrected chi connectivity index (χ4v) is 7.91. The molecule has 3 saturated heterocycles. The van der Waals surface area contributed by atoms with Crippen LogP contribution in [-0.4, -0.2) is 71.2 Å². The Bertz CT molecular complexity index is 1620. The lowest BCUT2D eigenvalue weighted by atomic mass is 9.70. The van der Waals surface area contributed by atoms with Crippen LogP contribution >= 0.6 is 11.6 Å². The molecule has 2 bridgehead atoms. The highest BCUT2D eigenvalue weighted by Crippen LogP contribution is 2.59. The Balaban J connectivity index is 1.46. The standard InChI is InChI=1S/C37H38ClN3O5/c1-3-21-39(26-15-9-6-10-16-26)34(43)31-30-19-20-37(46-30)32(31)35(44)41(27(24-42)23-25-13-7-5-8-14-25)33(37)36(45)40(22-4-2)29-18-12-11-17-28(29)38/h3-18,27,30-33,42H,1-2,19-24H2/t27-,30+,31-,32+,33?,37?/m1/s1. The van der Waals surface area contributed by atoms with Gasteiger partial charge in [-0.2, -0.15) is 0 Å². The second-order valence-corrected chi connectivity index (χ2v) is 12.5. The molecule has 8 nitrogen and oxygen atoms in total. The van der Waals surface area contributed by atoms with Crippen molar-refractivity contribution in [3.63, 3.8) is 0 Å². The molecule has 0 aliphatic carbocycles. The highest BCUT2D eigenvalue weighted by molar-refractivity contribution is 6.34. The molecule has 0 aromatic heterocycles. The van der Waals surface area contributed by atoms with E-state index >= 15 is 0 Å². The Morgan fingerprint density at radius 2 is 1.59 bits per heavy atom. The molecule has 3 fully saturated rings. The van der Waals surface area contributed by atoms with Gasteiger partial charge in [0.05, 0.1) is 41.3 Å². The summed E-state index contributed by atoms with van der Waals surface area (Å²) in [6.07, 6.45) is 3.98. The van der Waals surface area contributed by atoms with Crippen molar-refractivity contribution in [2.45, 2.75) is 43.1 Å². The van der Waals surface area contributed by atoms with E-state index in [4.69, 9.17) is 16.3 Å². The third-order valence-electron chi connectivity index (χ3n) is 9.54. The number of rotatable bonds is 12. The summed E-state index contributed by atoms with van der Waals surface area (Å²) in [5, 5.41) is 11.2. The Labute approximate surface area is 274 Å². The van der Waals surface area contributed by atoms with Gasteiger partial charge >= 0.3 is 0 Å². The summed E-state index contributed by atoms with van der Waals surface area (Å²) in [7, 11) is 0. The third kappa shape index (κ3) is 5.34. The number of fused-ring (bicyclic) bond motifs is 1. The van der Waals surface area contributed by atoms with Gasteiger partial charge in [0, 0.05) is 18.8 Å². The van der Waals surface area contributed by atoms with Crippen LogP contribution in [0.25, 0.3) is 0 Å². The number of amides is 3. The van der Waals surface area contributed by atoms with E-state index in [9.17, 15) is 19.5 Å². The average molecular weight is 640 g/mol. The summed E-state index contributed by atoms with van der Waals surface area (Å²) >= 11 is 6.61. The topological polar surface area (TPSA) is 90.4 Å². The molecule has 6 rings (SSSR count). The zero-order chi connectivity index (χ0) is 32.4. The van der Waals surface area contributed by atoms with Crippen molar-refractivity contribution in [3.05, 3.63) is 121 Å². The van der Waals surface area contributed by atoms with Gasteiger partial charge in [-0.05, 0) is 49.1 Å². The van der Waals surface area contributed by atoms with Gasteiger partial charge in [-0.3, -0.25) is 14.4 Å². The van der Waals surface area contributed by atoms with Gasteiger partial charge in [-0.25, -0.2) is 0 Å². The van der Waals surface area contributed by atoms with E-state index in [2.05, 4.69) is 13.2 Å². The van der Waals surface area contributed by atoms with E-state index in [1.165, 1.54) is 9.80 Å². The van der Waals surface area contributed by atoms with Crippen LogP contribution in [0.2, 0.25) is 5.02 Å². The predicted octanol–water partition coefficient (Wildman–Crippen LogP) is 5.06. The number of para-hydroxylation sites is 2. The number of nitrogens with zero attached hydrogens (tertiary/aromatic N) is 3. The summed E-state index contributed by atoms with van der Waals surface area (Å²) in [6, 6.07) is 24.0. The molecule has 3 amide bonds. The van der Waals surface area contributed by atoms with Crippen LogP contribution in [-0.2, 0) is 25.5 Å². The van der Waals surface area contributed by atoms with Crippen molar-refractivity contribution in [3.8, 4) is 0 Å². The maximum atomic E-state index is 14.9. The highest BCUT2D eigenvalue weighted by atomic mass is 35.5. The second-order valence-electron chi connectivity index (χ2n) is 12.1. The first-order valence-corrected chi connectivity index (χ1v) is 16.0. The molecule has 0 saturated carbocycles. The van der Waals surface area contributed by atoms with Crippen molar-refractivity contribution in [2.24, 2.45) is 11.8 Å². The molecule has 3 aromatic carbocycles. The molecule has 238 valence electrons. The lowest BCUT2D eigenvalue weighted by Crippen LogP contribution is -2.59. The zero-order valence-corrected chi connectivity index (χ0v) is 26.3. The minimum atomic E-state index is -1.26. The quantitative estimate of drug-likeness (QED) is 0.280. The summed E-state index contributed by atoms with van der Waals surface area (Å²) < 4.78 is 6.73. The highest BCUT2D eigenvalue weighted by Gasteiger charge is 2.75. The van der Waals surface area contributed by atoms with Crippen LogP contribution in [0.1, 0.15) is 18.4 Å². The molecule has 2 unspecified atom stereocenters. The molecule has 1 N–H and O–H groups in total. The Morgan fingerprint density at radius 3 is 2.24 bits per heavy atom. The van der Waals surface area contributed by atoms with Gasteiger partial charge in [0.2, 0.25) is 11.8 Å². The lowest BCUT2D eigenvalue weighted by Gasteiger charge is -2.39. The number of hydrogen-bond donors (Lipinski definition) is 1. The van der Waals surface area contributed by atoms with E-state index in [0.29, 0.717) is 35.7 Å². The van der Waals surface area contributed by atoms with Crippen LogP contribution in [0.15, 0.2) is 110 Å². The summed E-state index contributed by atoms with van der Waals surface area (Å²) in [4.78, 5) is 48.9. The van der Waals surface area contributed by atoms with Crippen LogP contribution in [0.5, 0.6) is 0 Å². The van der Waals surface area contributed by atoms with Crippen LogP contribution < -0.4 is 9.80 Å². The van der Waals surface area contributed by atoms with Crippen LogP contribution in [0.3, 0.4) is 0 Å². The molecule has 1 spiro atoms. The molecule has 3 aromatic rings. The maximum Gasteiger partial charge on any atom is 0.253 e. The van der Waals surface area contributed by atoms with Gasteiger partial charge in [0.15, 0.2) is 0 Å². The smallest absolute Gasteiger partial charge is 0.253 e. The van der Waals surface area contributed by atoms with E-state index in [1.54, 1.807) is 41.3 Å². The lowest BCUT2D eigenvalue weighted by molar-refractivity contribution is -0.144. The van der Waals surface area contributed by atoms with Gasteiger partial charge in [0.25, 0.3) is 5.91 Å². The van der Waals surface area contributed by atoms with Gasteiger partial charge < -0.3 is 24.5 Å². The number of carbonyl (C=O) groups excluding carboxylic acids is 3. The van der Waals surface area contributed by atoms with Crippen molar-refractivity contribution >= 4 is 40.7 Å². The third-order valence-corrected chi connectivity index (χ3v) is 9.86. The maximum absolute atomic E-state index is 14.9. The van der Waals surface area contributed by atoms with Crippen molar-refractivity contribution in [2.75, 3.05) is 29.5 Å². The van der Waals surface area contributed by atoms with E-state index in [0.717, 1.165) is 5.56 Å². The summed E-state index contributed by atoms with van der Waals surface area (Å²) in [5.74, 6) is -2.73. The van der Waals surface area contributed by atoms with Crippen molar-refractivity contribution in [1.29, 1.82) is 0 Å². The average Bonchev–Trinajstić information content (AvgIpc) is 3.73. The molecular weight excluding hydrogens is 602 g/mol. The number of ether oxygens (including phenoxy) is 1. The number of aliphatic hydroxyl groups is 1. The van der Waals surface area contributed by atoms with E-state index in [1.807, 2.05) is 60.7 Å². The number of benzene rings is 3. The van der Waals surface area contributed by atoms with Crippen LogP contribution in [0.4, 0.5) is 11.4 Å². The SMILES string of the molecule is C=CCN(C(=O)[C@@H]1[C@@H]2CCC3(O2)C(C(=O)N(CC=C)c2ccccc2Cl)N([C@@H](CO)Cc2ccccc2)C(=O)[C@H]13)c1ccccc1. The Kier molecular flexibility index (Phi) is 9.13. The van der Waals surface area contributed by atoms with Gasteiger partial charge in [-0.1, -0.05) is 84.4 Å². The van der Waals surface area contributed by atoms with Crippen molar-refractivity contribution in [1.82, 2.24) is 4.90 Å². The minimum Gasteiger partial charge on any atom is -0.394 e. The van der Waals surface area contributed by atoms with Crippen LogP contribution in [0, 0.1) is 11.8 Å². The number of carbonyl (C=O) groups is 3. The van der Waals surface area contributed by atoms with Crippen molar-refractivity contribution < 1.29 is 24.2 Å². The minimum absolute atomic E-state index is 0.136. The number of aliphatic hydroxyl groups excluding tert-OH is 1. The fourth-order valence-electron chi connectivity index (χ4n) is 7.68. The molecule has 3 aliphatic heterocycles. The fraction of sp³-hybridized carbons (Fsp3) is 0.324. The Hall–Kier alpha value is -4.24. The van der Waals surface area contributed by atoms with Gasteiger partial charge in [-0.15, -0.1) is 13.2 Å². The molecular formula is C37H38ClN3O5. The molecule has 3 heterocycles. The zero-order valence-electron chi connectivity index (χ0n) is 25.6. The normalized spacial score (nSPS) is 25.2. The Morgan fingerprint density at radius 1 is 0.957 bits per heavy atom. The van der Waals surface area contributed by atoms with Gasteiger partial charge in [0.1, 0.15) is 11.6 Å². The van der Waals surface area contributed by atoms with E-state index in [-0.39, 0.29) is 31.5 Å². The molecule has 46 heavy (non-hydrogen) atoms. The molecule has 3 aliphatic rings. The summed E-state index contributed by atoms with van der Waals surface area (Å²) in [5.41, 5.74) is 0.808. The first-order valence-electron chi connectivity index (χ1n) is 15.6. The number of hydrogen-bond acceptors (Lipinski definition) is 5. The second kappa shape index (κ2) is 13.2. The number of halogens is 1.